The average molecular weight is 347 g/mol. The number of benzene rings is 1. The third-order valence-corrected chi connectivity index (χ3v) is 5.56. The van der Waals surface area contributed by atoms with Crippen molar-refractivity contribution < 1.29 is 5.11 Å². The molecule has 0 bridgehead atoms. The smallest absolute Gasteiger partial charge is 0.0858 e. The highest BCUT2D eigenvalue weighted by Crippen LogP contribution is 2.45. The molecule has 1 fully saturated rings. The van der Waals surface area contributed by atoms with Gasteiger partial charge in [0.25, 0.3) is 0 Å². The Labute approximate surface area is 128 Å². The maximum atomic E-state index is 10.8. The molecule has 0 spiro atoms. The first-order valence-corrected chi connectivity index (χ1v) is 8.09. The minimum absolute atomic E-state index is 0.177. The van der Waals surface area contributed by atoms with Gasteiger partial charge in [0, 0.05) is 16.4 Å². The number of aliphatic hydroxyl groups excluding tert-OH is 1. The Kier molecular flexibility index (Phi) is 5.29. The summed E-state index contributed by atoms with van der Waals surface area (Å²) in [6.07, 6.45) is 6.31. The van der Waals surface area contributed by atoms with Gasteiger partial charge in [0.2, 0.25) is 0 Å². The van der Waals surface area contributed by atoms with Crippen molar-refractivity contribution in [2.45, 2.75) is 44.6 Å². The molecule has 0 heterocycles. The average Bonchev–Trinajstić information content (AvgIpc) is 2.67. The third kappa shape index (κ3) is 3.33. The van der Waals surface area contributed by atoms with Crippen LogP contribution in [0.5, 0.6) is 0 Å². The molecule has 1 saturated carbocycles. The maximum Gasteiger partial charge on any atom is 0.0858 e. The molecule has 0 aromatic heterocycles. The molecule has 4 heteroatoms. The van der Waals surface area contributed by atoms with Crippen molar-refractivity contribution in [2.24, 2.45) is 11.1 Å². The molecule has 1 aliphatic rings. The van der Waals surface area contributed by atoms with Gasteiger partial charge in [0.05, 0.1) is 11.1 Å². The zero-order valence-electron chi connectivity index (χ0n) is 11.0. The van der Waals surface area contributed by atoms with Gasteiger partial charge in [-0.2, -0.15) is 0 Å². The molecule has 0 amide bonds. The van der Waals surface area contributed by atoms with Crippen LogP contribution in [0.25, 0.3) is 0 Å². The van der Waals surface area contributed by atoms with E-state index >= 15 is 0 Å². The van der Waals surface area contributed by atoms with Crippen molar-refractivity contribution in [2.75, 3.05) is 6.54 Å². The fourth-order valence-electron chi connectivity index (χ4n) is 3.06. The van der Waals surface area contributed by atoms with Gasteiger partial charge in [-0.3, -0.25) is 0 Å². The molecule has 2 rings (SSSR count). The van der Waals surface area contributed by atoms with Gasteiger partial charge in [-0.15, -0.1) is 0 Å². The number of hydrogen-bond acceptors (Lipinski definition) is 2. The summed E-state index contributed by atoms with van der Waals surface area (Å²) >= 11 is 9.43. The Hall–Kier alpha value is -0.0900. The van der Waals surface area contributed by atoms with Crippen LogP contribution >= 0.6 is 27.5 Å². The summed E-state index contributed by atoms with van der Waals surface area (Å²) in [4.78, 5) is 0. The van der Waals surface area contributed by atoms with Gasteiger partial charge in [-0.05, 0) is 46.5 Å². The summed E-state index contributed by atoms with van der Waals surface area (Å²) in [7, 11) is 0. The van der Waals surface area contributed by atoms with Crippen LogP contribution < -0.4 is 5.73 Å². The van der Waals surface area contributed by atoms with Gasteiger partial charge < -0.3 is 10.8 Å². The minimum atomic E-state index is -0.510. The molecule has 1 aliphatic carbocycles. The van der Waals surface area contributed by atoms with Crippen LogP contribution in [0.2, 0.25) is 5.02 Å². The Morgan fingerprint density at radius 2 is 1.89 bits per heavy atom. The first-order chi connectivity index (χ1) is 9.09. The van der Waals surface area contributed by atoms with Crippen molar-refractivity contribution in [3.63, 3.8) is 0 Å². The lowest BCUT2D eigenvalue weighted by Crippen LogP contribution is -2.36. The van der Waals surface area contributed by atoms with E-state index < -0.39 is 6.10 Å². The summed E-state index contributed by atoms with van der Waals surface area (Å²) in [5, 5.41) is 11.5. The van der Waals surface area contributed by atoms with Crippen LogP contribution in [-0.2, 0) is 0 Å². The molecule has 106 valence electrons. The fourth-order valence-corrected chi connectivity index (χ4v) is 3.57. The molecule has 0 aliphatic heterocycles. The molecule has 19 heavy (non-hydrogen) atoms. The number of nitrogens with two attached hydrogens (primary N) is 1. The quantitative estimate of drug-likeness (QED) is 0.795. The standard InChI is InChI=1S/C15H21BrClNO/c16-12-9-11(5-6-13(12)17)14(19)15(10-18)7-3-1-2-4-8-15/h5-6,9,14,19H,1-4,7-8,10,18H2. The highest BCUT2D eigenvalue weighted by atomic mass is 79.9. The molecule has 1 unspecified atom stereocenters. The Morgan fingerprint density at radius 1 is 1.26 bits per heavy atom. The highest BCUT2D eigenvalue weighted by Gasteiger charge is 2.37. The highest BCUT2D eigenvalue weighted by molar-refractivity contribution is 9.10. The van der Waals surface area contributed by atoms with Crippen molar-refractivity contribution in [3.05, 3.63) is 33.3 Å². The molecule has 0 radical (unpaired) electrons. The second-order valence-electron chi connectivity index (χ2n) is 5.56. The van der Waals surface area contributed by atoms with Gasteiger partial charge in [-0.25, -0.2) is 0 Å². The Bertz CT molecular complexity index is 430. The summed E-state index contributed by atoms with van der Waals surface area (Å²) < 4.78 is 0.825. The van der Waals surface area contributed by atoms with Crippen LogP contribution in [0.3, 0.4) is 0 Å². The van der Waals surface area contributed by atoms with E-state index in [4.69, 9.17) is 17.3 Å². The first kappa shape index (κ1) is 15.3. The van der Waals surface area contributed by atoms with E-state index in [1.165, 1.54) is 12.8 Å². The second kappa shape index (κ2) is 6.57. The predicted octanol–water partition coefficient (Wildman–Crippen LogP) is 4.44. The molecule has 2 nitrogen and oxygen atoms in total. The molecule has 3 N–H and O–H groups in total. The van der Waals surface area contributed by atoms with Crippen molar-refractivity contribution in [1.82, 2.24) is 0 Å². The van der Waals surface area contributed by atoms with Crippen LogP contribution in [0, 0.1) is 5.41 Å². The van der Waals surface area contributed by atoms with Crippen LogP contribution in [-0.4, -0.2) is 11.7 Å². The molecule has 1 aromatic rings. The number of hydrogen-bond donors (Lipinski definition) is 2. The maximum absolute atomic E-state index is 10.8. The zero-order valence-corrected chi connectivity index (χ0v) is 13.4. The van der Waals surface area contributed by atoms with Crippen molar-refractivity contribution in [3.8, 4) is 0 Å². The topological polar surface area (TPSA) is 46.2 Å². The molecule has 1 atom stereocenters. The largest absolute Gasteiger partial charge is 0.388 e. The van der Waals surface area contributed by atoms with Crippen molar-refractivity contribution in [1.29, 1.82) is 0 Å². The normalized spacial score (nSPS) is 20.8. The van der Waals surface area contributed by atoms with Gasteiger partial charge >= 0.3 is 0 Å². The predicted molar refractivity (Wildman–Crippen MR) is 83.3 cm³/mol. The SMILES string of the molecule is NCC1(C(O)c2ccc(Cl)c(Br)c2)CCCCCC1. The minimum Gasteiger partial charge on any atom is -0.388 e. The van der Waals surface area contributed by atoms with E-state index in [0.717, 1.165) is 35.7 Å². The number of rotatable bonds is 3. The van der Waals surface area contributed by atoms with E-state index in [1.54, 1.807) is 0 Å². The van der Waals surface area contributed by atoms with Crippen LogP contribution in [0.15, 0.2) is 22.7 Å². The van der Waals surface area contributed by atoms with Gasteiger partial charge in [0.1, 0.15) is 0 Å². The van der Waals surface area contributed by atoms with Crippen molar-refractivity contribution >= 4 is 27.5 Å². The monoisotopic (exact) mass is 345 g/mol. The van der Waals surface area contributed by atoms with E-state index in [0.29, 0.717) is 11.6 Å². The number of halogens is 2. The lowest BCUT2D eigenvalue weighted by Gasteiger charge is -2.36. The van der Waals surface area contributed by atoms with Gasteiger partial charge in [-0.1, -0.05) is 43.4 Å². The van der Waals surface area contributed by atoms with Gasteiger partial charge in [0.15, 0.2) is 0 Å². The molecule has 0 saturated heterocycles. The Morgan fingerprint density at radius 3 is 2.42 bits per heavy atom. The Balaban J connectivity index is 2.28. The van der Waals surface area contributed by atoms with Crippen LogP contribution in [0.4, 0.5) is 0 Å². The molecular formula is C15H21BrClNO. The van der Waals surface area contributed by atoms with Crippen LogP contribution in [0.1, 0.15) is 50.2 Å². The second-order valence-corrected chi connectivity index (χ2v) is 6.82. The lowest BCUT2D eigenvalue weighted by molar-refractivity contribution is 0.0166. The molecule has 1 aromatic carbocycles. The molecular weight excluding hydrogens is 326 g/mol. The fraction of sp³-hybridized carbons (Fsp3) is 0.600. The summed E-state index contributed by atoms with van der Waals surface area (Å²) in [6.45, 7) is 0.536. The van der Waals surface area contributed by atoms with E-state index in [1.807, 2.05) is 18.2 Å². The first-order valence-electron chi connectivity index (χ1n) is 6.92. The summed E-state index contributed by atoms with van der Waals surface area (Å²) in [5.74, 6) is 0. The summed E-state index contributed by atoms with van der Waals surface area (Å²) in [6, 6.07) is 5.64. The zero-order chi connectivity index (χ0) is 13.9. The third-order valence-electron chi connectivity index (χ3n) is 4.35. The van der Waals surface area contributed by atoms with E-state index in [-0.39, 0.29) is 5.41 Å². The van der Waals surface area contributed by atoms with E-state index in [9.17, 15) is 5.11 Å². The van der Waals surface area contributed by atoms with E-state index in [2.05, 4.69) is 15.9 Å². The lowest BCUT2D eigenvalue weighted by atomic mass is 9.73. The number of aliphatic hydroxyl groups is 1. The summed E-state index contributed by atoms with van der Waals surface area (Å²) in [5.41, 5.74) is 6.75.